The minimum Gasteiger partial charge on any atom is -0.362 e. The van der Waals surface area contributed by atoms with Crippen LogP contribution in [0.15, 0.2) is 36.4 Å². The molecule has 1 aliphatic carbocycles. The van der Waals surface area contributed by atoms with E-state index in [4.69, 9.17) is 0 Å². The molecule has 1 aliphatic rings. The first kappa shape index (κ1) is 14.2. The second-order valence-corrected chi connectivity index (χ2v) is 6.10. The van der Waals surface area contributed by atoms with E-state index >= 15 is 0 Å². The first-order valence-corrected chi connectivity index (χ1v) is 8.41. The van der Waals surface area contributed by atoms with Gasteiger partial charge >= 0.3 is 0 Å². The Hall–Kier alpha value is -2.43. The minimum absolute atomic E-state index is 0.320. The fraction of sp³-hybridized carbons (Fsp3) is 0.389. The Labute approximate surface area is 135 Å². The van der Waals surface area contributed by atoms with Gasteiger partial charge in [-0.05, 0) is 42.5 Å². The molecule has 2 heterocycles. The van der Waals surface area contributed by atoms with Crippen molar-refractivity contribution < 1.29 is 0 Å². The van der Waals surface area contributed by atoms with E-state index < -0.39 is 0 Å². The van der Waals surface area contributed by atoms with E-state index in [1.165, 1.54) is 30.4 Å². The van der Waals surface area contributed by atoms with Crippen molar-refractivity contribution in [1.82, 2.24) is 19.8 Å². The number of aromatic nitrogens is 4. The third kappa shape index (κ3) is 2.67. The highest BCUT2D eigenvalue weighted by molar-refractivity contribution is 5.46. The van der Waals surface area contributed by atoms with Crippen molar-refractivity contribution >= 4 is 11.5 Å². The monoisotopic (exact) mass is 307 g/mol. The van der Waals surface area contributed by atoms with E-state index in [0.29, 0.717) is 6.04 Å². The average molecular weight is 307 g/mol. The van der Waals surface area contributed by atoms with Gasteiger partial charge in [-0.2, -0.15) is 4.52 Å². The zero-order valence-electron chi connectivity index (χ0n) is 13.4. The number of nitrogens with zero attached hydrogens (tertiary/aromatic N) is 4. The van der Waals surface area contributed by atoms with Crippen LogP contribution in [0.2, 0.25) is 0 Å². The van der Waals surface area contributed by atoms with Crippen molar-refractivity contribution in [2.24, 2.45) is 0 Å². The van der Waals surface area contributed by atoms with Gasteiger partial charge in [-0.15, -0.1) is 15.3 Å². The lowest BCUT2D eigenvalue weighted by molar-refractivity contribution is 0.640. The molecule has 0 bridgehead atoms. The van der Waals surface area contributed by atoms with E-state index in [1.807, 2.05) is 16.6 Å². The number of aryl methyl sites for hydroxylation is 2. The molecular formula is C18H21N5. The quantitative estimate of drug-likeness (QED) is 0.752. The molecule has 0 amide bonds. The van der Waals surface area contributed by atoms with E-state index in [-0.39, 0.29) is 0 Å². The highest BCUT2D eigenvalue weighted by atomic mass is 15.4. The van der Waals surface area contributed by atoms with Gasteiger partial charge in [0.05, 0.1) is 6.04 Å². The van der Waals surface area contributed by atoms with Crippen molar-refractivity contribution in [3.8, 4) is 0 Å². The van der Waals surface area contributed by atoms with Crippen LogP contribution in [0.25, 0.3) is 5.65 Å². The standard InChI is InChI=1S/C18H21N5/c1-2-17-20-21-18-12-11-16(22-23(17)18)19-15-10-6-4-8-13-7-3-5-9-14(13)15/h3,5,7,9,11-12,15H,2,4,6,8,10H2,1H3,(H,19,22)/t15-/m1/s1. The number of fused-ring (bicyclic) bond motifs is 2. The maximum absolute atomic E-state index is 4.68. The van der Waals surface area contributed by atoms with Crippen molar-refractivity contribution in [1.29, 1.82) is 0 Å². The van der Waals surface area contributed by atoms with Crippen LogP contribution < -0.4 is 5.32 Å². The molecule has 5 nitrogen and oxygen atoms in total. The highest BCUT2D eigenvalue weighted by Crippen LogP contribution is 2.31. The molecule has 0 spiro atoms. The lowest BCUT2D eigenvalue weighted by Gasteiger charge is -2.20. The summed E-state index contributed by atoms with van der Waals surface area (Å²) in [5.74, 6) is 1.78. The largest absolute Gasteiger partial charge is 0.362 e. The van der Waals surface area contributed by atoms with Crippen molar-refractivity contribution in [2.75, 3.05) is 5.32 Å². The third-order valence-electron chi connectivity index (χ3n) is 4.59. The first-order valence-electron chi connectivity index (χ1n) is 8.41. The Kier molecular flexibility index (Phi) is 3.69. The van der Waals surface area contributed by atoms with E-state index in [2.05, 4.69) is 51.8 Å². The summed E-state index contributed by atoms with van der Waals surface area (Å²) < 4.78 is 1.84. The maximum Gasteiger partial charge on any atom is 0.178 e. The van der Waals surface area contributed by atoms with E-state index in [0.717, 1.165) is 30.1 Å². The van der Waals surface area contributed by atoms with Crippen LogP contribution in [0.3, 0.4) is 0 Å². The molecule has 4 rings (SSSR count). The summed E-state index contributed by atoms with van der Waals surface area (Å²) in [6.45, 7) is 2.07. The lowest BCUT2D eigenvalue weighted by Crippen LogP contribution is -2.13. The molecular weight excluding hydrogens is 286 g/mol. The Morgan fingerprint density at radius 3 is 2.96 bits per heavy atom. The van der Waals surface area contributed by atoms with Gasteiger partial charge < -0.3 is 5.32 Å². The summed E-state index contributed by atoms with van der Waals surface area (Å²) in [4.78, 5) is 0. The summed E-state index contributed by atoms with van der Waals surface area (Å²) in [7, 11) is 0. The smallest absolute Gasteiger partial charge is 0.178 e. The SMILES string of the molecule is CCc1nnc2ccc(N[C@@H]3CCCCc4ccccc43)nn12. The molecule has 0 saturated carbocycles. The predicted octanol–water partition coefficient (Wildman–Crippen LogP) is 3.57. The Balaban J connectivity index is 1.67. The molecule has 5 heteroatoms. The molecule has 3 aromatic rings. The van der Waals surface area contributed by atoms with Crippen LogP contribution in [-0.2, 0) is 12.8 Å². The number of anilines is 1. The molecule has 0 saturated heterocycles. The Morgan fingerprint density at radius 1 is 1.13 bits per heavy atom. The van der Waals surface area contributed by atoms with Gasteiger partial charge in [0, 0.05) is 6.42 Å². The van der Waals surface area contributed by atoms with Crippen molar-refractivity contribution in [3.63, 3.8) is 0 Å². The van der Waals surface area contributed by atoms with Gasteiger partial charge in [0.25, 0.3) is 0 Å². The van der Waals surface area contributed by atoms with Crippen LogP contribution in [0.4, 0.5) is 5.82 Å². The molecule has 0 aliphatic heterocycles. The van der Waals surface area contributed by atoms with E-state index in [9.17, 15) is 0 Å². The van der Waals surface area contributed by atoms with Gasteiger partial charge in [-0.1, -0.05) is 37.6 Å². The van der Waals surface area contributed by atoms with Gasteiger partial charge in [-0.3, -0.25) is 0 Å². The molecule has 0 fully saturated rings. The van der Waals surface area contributed by atoms with Gasteiger partial charge in [0.1, 0.15) is 5.82 Å². The van der Waals surface area contributed by atoms with Crippen LogP contribution >= 0.6 is 0 Å². The summed E-state index contributed by atoms with van der Waals surface area (Å²) in [5, 5.41) is 16.6. The number of hydrogen-bond donors (Lipinski definition) is 1. The maximum atomic E-state index is 4.68. The summed E-state index contributed by atoms with van der Waals surface area (Å²) >= 11 is 0. The number of hydrogen-bond acceptors (Lipinski definition) is 4. The second-order valence-electron chi connectivity index (χ2n) is 6.10. The Bertz CT molecular complexity index is 823. The van der Waals surface area contributed by atoms with Gasteiger partial charge in [0.15, 0.2) is 11.5 Å². The summed E-state index contributed by atoms with van der Waals surface area (Å²) in [5.41, 5.74) is 3.67. The number of rotatable bonds is 3. The molecule has 1 aromatic carbocycles. The third-order valence-corrected chi connectivity index (χ3v) is 4.59. The fourth-order valence-electron chi connectivity index (χ4n) is 3.38. The molecule has 0 unspecified atom stereocenters. The Morgan fingerprint density at radius 2 is 2.04 bits per heavy atom. The lowest BCUT2D eigenvalue weighted by atomic mass is 9.99. The second kappa shape index (κ2) is 5.99. The molecule has 118 valence electrons. The molecule has 1 N–H and O–H groups in total. The zero-order chi connectivity index (χ0) is 15.6. The van der Waals surface area contributed by atoms with Crippen LogP contribution in [0.1, 0.15) is 49.2 Å². The number of benzene rings is 1. The first-order chi connectivity index (χ1) is 11.3. The predicted molar refractivity (Wildman–Crippen MR) is 90.5 cm³/mol. The molecule has 1 atom stereocenters. The van der Waals surface area contributed by atoms with Gasteiger partial charge in [-0.25, -0.2) is 0 Å². The topological polar surface area (TPSA) is 55.1 Å². The molecule has 2 aromatic heterocycles. The average Bonchev–Trinajstić information content (AvgIpc) is 2.89. The fourth-order valence-corrected chi connectivity index (χ4v) is 3.38. The molecule has 23 heavy (non-hydrogen) atoms. The highest BCUT2D eigenvalue weighted by Gasteiger charge is 2.19. The van der Waals surface area contributed by atoms with Crippen molar-refractivity contribution in [3.05, 3.63) is 53.3 Å². The molecule has 0 radical (unpaired) electrons. The summed E-state index contributed by atoms with van der Waals surface area (Å²) in [6, 6.07) is 13.1. The van der Waals surface area contributed by atoms with Crippen molar-refractivity contribution in [2.45, 2.75) is 45.1 Å². The van der Waals surface area contributed by atoms with E-state index in [1.54, 1.807) is 0 Å². The summed E-state index contributed by atoms with van der Waals surface area (Å²) in [6.07, 6.45) is 5.63. The minimum atomic E-state index is 0.320. The zero-order valence-corrected chi connectivity index (χ0v) is 13.4. The van der Waals surface area contributed by atoms with Crippen LogP contribution in [-0.4, -0.2) is 19.8 Å². The number of nitrogens with one attached hydrogen (secondary N) is 1. The normalized spacial score (nSPS) is 17.7. The van der Waals surface area contributed by atoms with Crippen LogP contribution in [0, 0.1) is 0 Å². The van der Waals surface area contributed by atoms with Crippen LogP contribution in [0.5, 0.6) is 0 Å². The van der Waals surface area contributed by atoms with Gasteiger partial charge in [0.2, 0.25) is 0 Å².